The number of nitrogens with one attached hydrogen (secondary N) is 1. The van der Waals surface area contributed by atoms with E-state index in [9.17, 15) is 31.2 Å². The molecule has 0 radical (unpaired) electrons. The average Bonchev–Trinajstić information content (AvgIpc) is 2.56. The lowest BCUT2D eigenvalue weighted by Crippen LogP contribution is -2.28. The van der Waals surface area contributed by atoms with E-state index in [2.05, 4.69) is 25.4 Å². The predicted molar refractivity (Wildman–Crippen MR) is 94.3 cm³/mol. The van der Waals surface area contributed by atoms with Crippen LogP contribution >= 0.6 is 15.9 Å². The van der Waals surface area contributed by atoms with Crippen molar-refractivity contribution in [3.8, 4) is 5.75 Å². The van der Waals surface area contributed by atoms with Crippen molar-refractivity contribution in [1.29, 1.82) is 0 Å². The van der Waals surface area contributed by atoms with Crippen molar-refractivity contribution < 1.29 is 35.4 Å². The lowest BCUT2D eigenvalue weighted by Gasteiger charge is -2.14. The molecule has 11 heteroatoms. The quantitative estimate of drug-likeness (QED) is 0.408. The van der Waals surface area contributed by atoms with Crippen molar-refractivity contribution in [2.75, 3.05) is 5.32 Å². The van der Waals surface area contributed by atoms with Crippen LogP contribution in [0.1, 0.15) is 26.3 Å². The van der Waals surface area contributed by atoms with Gasteiger partial charge in [0.1, 0.15) is 12.0 Å². The van der Waals surface area contributed by atoms with Crippen LogP contribution in [-0.2, 0) is 10.1 Å². The smallest absolute Gasteiger partial charge is 0.376 e. The molecule has 0 aliphatic carbocycles. The van der Waals surface area contributed by atoms with Crippen molar-refractivity contribution in [1.82, 2.24) is 0 Å². The predicted octanol–water partition coefficient (Wildman–Crippen LogP) is 4.05. The monoisotopic (exact) mass is 465 g/mol. The molecule has 144 valence electrons. The lowest BCUT2D eigenvalue weighted by molar-refractivity contribution is -0.0500. The second kappa shape index (κ2) is 7.69. The minimum Gasteiger partial charge on any atom is -0.376 e. The van der Waals surface area contributed by atoms with Crippen LogP contribution in [0.15, 0.2) is 40.9 Å². The van der Waals surface area contributed by atoms with Gasteiger partial charge in [0.25, 0.3) is 5.91 Å². The third kappa shape index (κ3) is 4.86. The van der Waals surface area contributed by atoms with Crippen LogP contribution in [0.2, 0.25) is 0 Å². The van der Waals surface area contributed by atoms with Crippen molar-refractivity contribution in [2.45, 2.75) is 12.4 Å². The zero-order valence-corrected chi connectivity index (χ0v) is 15.9. The van der Waals surface area contributed by atoms with Crippen LogP contribution in [0.4, 0.5) is 18.9 Å². The molecule has 0 saturated carbocycles. The van der Waals surface area contributed by atoms with E-state index in [0.717, 1.165) is 12.1 Å². The summed E-state index contributed by atoms with van der Waals surface area (Å²) in [5.41, 5.74) is -4.64. The van der Waals surface area contributed by atoms with Gasteiger partial charge in [-0.25, -0.2) is 0 Å². The van der Waals surface area contributed by atoms with Crippen LogP contribution in [-0.4, -0.2) is 26.1 Å². The molecule has 1 N–H and O–H groups in total. The molecule has 2 rings (SSSR count). The summed E-state index contributed by atoms with van der Waals surface area (Å²) in [7, 11) is -5.81. The molecule has 0 spiro atoms. The highest BCUT2D eigenvalue weighted by Crippen LogP contribution is 2.34. The Morgan fingerprint density at radius 1 is 1.22 bits per heavy atom. The van der Waals surface area contributed by atoms with Crippen LogP contribution in [0.5, 0.6) is 5.75 Å². The van der Waals surface area contributed by atoms with E-state index in [1.807, 2.05) is 0 Å². The summed E-state index contributed by atoms with van der Waals surface area (Å²) in [5, 5.41) is 2.54. The topological polar surface area (TPSA) is 89.5 Å². The molecular formula is C16H11BrF3NO5S. The number of aryl methyl sites for hydroxylation is 1. The Bertz CT molecular complexity index is 982. The molecule has 0 unspecified atom stereocenters. The zero-order chi connectivity index (χ0) is 20.4. The minimum absolute atomic E-state index is 0.106. The fraction of sp³-hybridized carbons (Fsp3) is 0.125. The third-order valence-corrected chi connectivity index (χ3v) is 4.88. The highest BCUT2D eigenvalue weighted by Gasteiger charge is 2.48. The number of aldehydes is 1. The summed E-state index contributed by atoms with van der Waals surface area (Å²) in [6.07, 6.45) is 0.575. The van der Waals surface area contributed by atoms with Crippen LogP contribution < -0.4 is 9.50 Å². The van der Waals surface area contributed by atoms with E-state index in [1.54, 1.807) is 0 Å². The normalized spacial score (nSPS) is 11.7. The first-order valence-corrected chi connectivity index (χ1v) is 9.32. The summed E-state index contributed by atoms with van der Waals surface area (Å²) >= 11 is 3.06. The molecule has 0 atom stereocenters. The molecule has 0 bridgehead atoms. The maximum Gasteiger partial charge on any atom is 0.534 e. The number of hydrogen-bond donors (Lipinski definition) is 1. The maximum absolute atomic E-state index is 12.4. The summed E-state index contributed by atoms with van der Waals surface area (Å²) < 4.78 is 63.6. The molecule has 0 aliphatic rings. The number of halogens is 4. The Hall–Kier alpha value is -2.40. The van der Waals surface area contributed by atoms with Crippen molar-refractivity contribution in [3.63, 3.8) is 0 Å². The minimum atomic E-state index is -5.81. The van der Waals surface area contributed by atoms with Crippen molar-refractivity contribution in [2.24, 2.45) is 0 Å². The lowest BCUT2D eigenvalue weighted by atomic mass is 10.1. The molecule has 0 aliphatic heterocycles. The second-order valence-corrected chi connectivity index (χ2v) is 7.67. The fourth-order valence-electron chi connectivity index (χ4n) is 2.03. The molecule has 0 heterocycles. The van der Waals surface area contributed by atoms with Crippen LogP contribution in [0, 0.1) is 6.92 Å². The molecular weight excluding hydrogens is 455 g/mol. The van der Waals surface area contributed by atoms with Gasteiger partial charge in [-0.1, -0.05) is 12.1 Å². The van der Waals surface area contributed by atoms with E-state index in [1.165, 1.54) is 31.2 Å². The summed E-state index contributed by atoms with van der Waals surface area (Å²) in [6.45, 7) is 1.44. The Kier molecular flexibility index (Phi) is 5.95. The average molecular weight is 466 g/mol. The number of benzene rings is 2. The molecule has 2 aromatic rings. The van der Waals surface area contributed by atoms with E-state index in [4.69, 9.17) is 0 Å². The van der Waals surface area contributed by atoms with Gasteiger partial charge in [-0.05, 0) is 52.7 Å². The number of rotatable bonds is 5. The van der Waals surface area contributed by atoms with Crippen LogP contribution in [0.25, 0.3) is 0 Å². The van der Waals surface area contributed by atoms with Gasteiger partial charge in [0, 0.05) is 15.6 Å². The number of amides is 1. The molecule has 1 amide bonds. The first-order valence-electron chi connectivity index (χ1n) is 7.12. The zero-order valence-electron chi connectivity index (χ0n) is 13.5. The number of carbonyl (C=O) groups excluding carboxylic acids is 2. The maximum atomic E-state index is 12.4. The first-order chi connectivity index (χ1) is 12.4. The summed E-state index contributed by atoms with van der Waals surface area (Å²) in [5.74, 6) is -1.14. The van der Waals surface area contributed by atoms with Gasteiger partial charge < -0.3 is 9.50 Å². The van der Waals surface area contributed by atoms with E-state index in [-0.39, 0.29) is 21.3 Å². The first kappa shape index (κ1) is 20.9. The summed E-state index contributed by atoms with van der Waals surface area (Å²) in [6, 6.07) is 7.87. The van der Waals surface area contributed by atoms with E-state index < -0.39 is 27.3 Å². The largest absolute Gasteiger partial charge is 0.534 e. The molecule has 2 aromatic carbocycles. The van der Waals surface area contributed by atoms with Gasteiger partial charge >= 0.3 is 15.6 Å². The summed E-state index contributed by atoms with van der Waals surface area (Å²) in [4.78, 5) is 23.1. The van der Waals surface area contributed by atoms with Gasteiger partial charge in [-0.15, -0.1) is 0 Å². The Balaban J connectivity index is 2.29. The fourth-order valence-corrected chi connectivity index (χ4v) is 3.11. The number of anilines is 1. The SMILES string of the molecule is Cc1cc(OS(=O)(=O)C(F)(F)F)cc(Br)c1NC(=O)c1cccc(C=O)c1. The number of alkyl halides is 3. The van der Waals surface area contributed by atoms with Crippen molar-refractivity contribution in [3.05, 3.63) is 57.6 Å². The Morgan fingerprint density at radius 2 is 1.89 bits per heavy atom. The van der Waals surface area contributed by atoms with Gasteiger partial charge in [0.2, 0.25) is 0 Å². The van der Waals surface area contributed by atoms with E-state index >= 15 is 0 Å². The molecule has 0 saturated heterocycles. The van der Waals surface area contributed by atoms with Gasteiger partial charge in [0.15, 0.2) is 0 Å². The number of carbonyl (C=O) groups is 2. The highest BCUT2D eigenvalue weighted by molar-refractivity contribution is 9.10. The molecule has 0 aromatic heterocycles. The van der Waals surface area contributed by atoms with Crippen molar-refractivity contribution >= 4 is 43.9 Å². The molecule has 27 heavy (non-hydrogen) atoms. The Morgan fingerprint density at radius 3 is 2.44 bits per heavy atom. The van der Waals surface area contributed by atoms with Gasteiger partial charge in [0.05, 0.1) is 5.69 Å². The Labute approximate surface area is 160 Å². The third-order valence-electron chi connectivity index (χ3n) is 3.27. The second-order valence-electron chi connectivity index (χ2n) is 5.28. The molecule has 6 nitrogen and oxygen atoms in total. The van der Waals surface area contributed by atoms with Crippen LogP contribution in [0.3, 0.4) is 0 Å². The standard InChI is InChI=1S/C16H11BrF3NO5S/c1-9-5-12(26-27(24,25)16(18,19)20)7-13(17)14(9)21-15(23)11-4-2-3-10(6-11)8-22/h2-8H,1H3,(H,21,23). The number of hydrogen-bond acceptors (Lipinski definition) is 5. The van der Waals surface area contributed by atoms with Gasteiger partial charge in [-0.2, -0.15) is 21.6 Å². The molecule has 0 fully saturated rings. The van der Waals surface area contributed by atoms with Gasteiger partial charge in [-0.3, -0.25) is 9.59 Å². The highest BCUT2D eigenvalue weighted by atomic mass is 79.9. The van der Waals surface area contributed by atoms with E-state index in [0.29, 0.717) is 11.8 Å².